The smallest absolute Gasteiger partial charge is 0.191 e. The molecule has 0 bridgehead atoms. The normalized spacial score (nSPS) is 12.2. The SMILES string of the molecule is Cc1cccc(C)c1-c1c(F)c2cc(OCc3ccccc3)ccc2n1Cc1ccc(CCO[Si](C)(C)C(C)(C)C)cc1. The van der Waals surface area contributed by atoms with Crippen LogP contribution in [0.15, 0.2) is 91.0 Å². The Bertz CT molecular complexity index is 1680. The largest absolute Gasteiger partial charge is 0.489 e. The van der Waals surface area contributed by atoms with Gasteiger partial charge >= 0.3 is 0 Å². The van der Waals surface area contributed by atoms with E-state index in [0.29, 0.717) is 30.0 Å². The molecule has 4 aromatic carbocycles. The number of rotatable bonds is 10. The van der Waals surface area contributed by atoms with Crippen LogP contribution in [0.25, 0.3) is 22.2 Å². The summed E-state index contributed by atoms with van der Waals surface area (Å²) >= 11 is 0. The first-order valence-corrected chi connectivity index (χ1v) is 18.1. The molecule has 0 amide bonds. The summed E-state index contributed by atoms with van der Waals surface area (Å²) < 4.78 is 31.1. The van der Waals surface area contributed by atoms with E-state index in [2.05, 4.69) is 88.7 Å². The zero-order valence-corrected chi connectivity index (χ0v) is 27.6. The maximum Gasteiger partial charge on any atom is 0.191 e. The Morgan fingerprint density at radius 1 is 0.767 bits per heavy atom. The van der Waals surface area contributed by atoms with Gasteiger partial charge in [0.05, 0.1) is 11.2 Å². The lowest BCUT2D eigenvalue weighted by Crippen LogP contribution is -2.41. The molecule has 5 heteroatoms. The van der Waals surface area contributed by atoms with Crippen LogP contribution in [0.1, 0.15) is 48.6 Å². The van der Waals surface area contributed by atoms with Crippen LogP contribution in [-0.2, 0) is 24.0 Å². The third kappa shape index (κ3) is 6.79. The van der Waals surface area contributed by atoms with Gasteiger partial charge in [0.1, 0.15) is 12.4 Å². The fourth-order valence-electron chi connectivity index (χ4n) is 5.35. The molecule has 3 nitrogen and oxygen atoms in total. The summed E-state index contributed by atoms with van der Waals surface area (Å²) in [6.07, 6.45) is 0.882. The quantitative estimate of drug-likeness (QED) is 0.150. The van der Waals surface area contributed by atoms with Crippen molar-refractivity contribution >= 4 is 19.2 Å². The highest BCUT2D eigenvalue weighted by molar-refractivity contribution is 6.74. The van der Waals surface area contributed by atoms with E-state index >= 15 is 4.39 Å². The van der Waals surface area contributed by atoms with Crippen LogP contribution in [0, 0.1) is 19.7 Å². The topological polar surface area (TPSA) is 23.4 Å². The van der Waals surface area contributed by atoms with Crippen molar-refractivity contribution in [2.24, 2.45) is 0 Å². The maximum absolute atomic E-state index is 16.5. The summed E-state index contributed by atoms with van der Waals surface area (Å²) in [7, 11) is -1.77. The average Bonchev–Trinajstić information content (AvgIpc) is 3.23. The highest BCUT2D eigenvalue weighted by Gasteiger charge is 2.36. The zero-order valence-electron chi connectivity index (χ0n) is 26.6. The lowest BCUT2D eigenvalue weighted by atomic mass is 9.99. The summed E-state index contributed by atoms with van der Waals surface area (Å²) in [5, 5.41) is 0.774. The number of halogens is 1. The zero-order chi connectivity index (χ0) is 30.8. The molecule has 43 heavy (non-hydrogen) atoms. The molecule has 5 aromatic rings. The van der Waals surface area contributed by atoms with Crippen LogP contribution in [-0.4, -0.2) is 19.5 Å². The molecule has 0 saturated carbocycles. The van der Waals surface area contributed by atoms with Crippen molar-refractivity contribution in [3.05, 3.63) is 125 Å². The molecule has 0 fully saturated rings. The van der Waals surface area contributed by atoms with E-state index < -0.39 is 8.32 Å². The highest BCUT2D eigenvalue weighted by atomic mass is 28.4. The Morgan fingerprint density at radius 3 is 2.07 bits per heavy atom. The van der Waals surface area contributed by atoms with Crippen LogP contribution in [0.2, 0.25) is 18.1 Å². The van der Waals surface area contributed by atoms with Crippen molar-refractivity contribution < 1.29 is 13.6 Å². The monoisotopic (exact) mass is 593 g/mol. The molecule has 0 radical (unpaired) electrons. The van der Waals surface area contributed by atoms with Gasteiger partial charge in [0.25, 0.3) is 0 Å². The molecule has 0 aliphatic carbocycles. The number of benzene rings is 4. The molecule has 1 aromatic heterocycles. The second-order valence-electron chi connectivity index (χ2n) is 13.1. The van der Waals surface area contributed by atoms with Gasteiger partial charge < -0.3 is 13.7 Å². The summed E-state index contributed by atoms with van der Waals surface area (Å²) in [5.41, 5.74) is 7.99. The van der Waals surface area contributed by atoms with Gasteiger partial charge in [0, 0.05) is 24.1 Å². The van der Waals surface area contributed by atoms with Gasteiger partial charge in [0.15, 0.2) is 14.1 Å². The van der Waals surface area contributed by atoms with Crippen molar-refractivity contribution in [2.75, 3.05) is 6.61 Å². The van der Waals surface area contributed by atoms with E-state index in [1.165, 1.54) is 5.56 Å². The molecule has 0 aliphatic rings. The minimum atomic E-state index is -1.77. The number of hydrogen-bond acceptors (Lipinski definition) is 2. The third-order valence-corrected chi connectivity index (χ3v) is 13.5. The molecule has 0 saturated heterocycles. The lowest BCUT2D eigenvalue weighted by Gasteiger charge is -2.36. The van der Waals surface area contributed by atoms with Gasteiger partial charge in [-0.15, -0.1) is 0 Å². The van der Waals surface area contributed by atoms with Crippen molar-refractivity contribution in [1.82, 2.24) is 4.57 Å². The Hall–Kier alpha value is -3.67. The second kappa shape index (κ2) is 12.5. The number of hydrogen-bond donors (Lipinski definition) is 0. The van der Waals surface area contributed by atoms with E-state index in [4.69, 9.17) is 9.16 Å². The molecular weight excluding hydrogens is 550 g/mol. The first-order chi connectivity index (χ1) is 20.4. The molecule has 0 unspecified atom stereocenters. The molecule has 5 rings (SSSR count). The van der Waals surface area contributed by atoms with Crippen LogP contribution in [0.5, 0.6) is 5.75 Å². The lowest BCUT2D eigenvalue weighted by molar-refractivity contribution is 0.292. The van der Waals surface area contributed by atoms with E-state index in [0.717, 1.165) is 46.4 Å². The Kier molecular flexibility index (Phi) is 8.96. The molecule has 0 aliphatic heterocycles. The summed E-state index contributed by atoms with van der Waals surface area (Å²) in [4.78, 5) is 0. The van der Waals surface area contributed by atoms with Gasteiger partial charge in [-0.3, -0.25) is 0 Å². The number of fused-ring (bicyclic) bond motifs is 1. The number of ether oxygens (including phenoxy) is 1. The van der Waals surface area contributed by atoms with Gasteiger partial charge in [-0.05, 0) is 84.4 Å². The van der Waals surface area contributed by atoms with Crippen LogP contribution in [0.4, 0.5) is 4.39 Å². The highest BCUT2D eigenvalue weighted by Crippen LogP contribution is 2.39. The molecule has 0 spiro atoms. The summed E-state index contributed by atoms with van der Waals surface area (Å²) in [6.45, 7) is 17.2. The number of aromatic nitrogens is 1. The Morgan fingerprint density at radius 2 is 1.42 bits per heavy atom. The Balaban J connectivity index is 1.44. The summed E-state index contributed by atoms with van der Waals surface area (Å²) in [5.74, 6) is 0.446. The predicted octanol–water partition coefficient (Wildman–Crippen LogP) is 10.3. The van der Waals surface area contributed by atoms with Gasteiger partial charge in [-0.2, -0.15) is 0 Å². The molecule has 224 valence electrons. The second-order valence-corrected chi connectivity index (χ2v) is 18.0. The summed E-state index contributed by atoms with van der Waals surface area (Å²) in [6, 6.07) is 30.6. The first kappa shape index (κ1) is 30.8. The minimum Gasteiger partial charge on any atom is -0.489 e. The standard InChI is InChI=1S/C38H44FNO2Si/c1-27-12-11-13-28(2)35(27)37-36(39)33-24-32(41-26-31-14-9-8-10-15-31)20-21-34(33)40(37)25-30-18-16-29(17-19-30)22-23-42-43(6,7)38(3,4)5/h8-21,24H,22-23,25-26H2,1-7H3. The van der Waals surface area contributed by atoms with Crippen molar-refractivity contribution in [1.29, 1.82) is 0 Å². The molecule has 1 heterocycles. The molecule has 0 N–H and O–H groups in total. The number of nitrogens with zero attached hydrogens (tertiary/aromatic N) is 1. The van der Waals surface area contributed by atoms with Crippen LogP contribution in [0.3, 0.4) is 0 Å². The minimum absolute atomic E-state index is 0.202. The number of aryl methyl sites for hydroxylation is 2. The average molecular weight is 594 g/mol. The van der Waals surface area contributed by atoms with Crippen molar-refractivity contribution in [3.8, 4) is 17.0 Å². The van der Waals surface area contributed by atoms with Crippen molar-refractivity contribution in [2.45, 2.75) is 72.3 Å². The third-order valence-electron chi connectivity index (χ3n) is 8.96. The van der Waals surface area contributed by atoms with Gasteiger partial charge in [-0.1, -0.05) is 93.6 Å². The maximum atomic E-state index is 16.5. The molecule has 0 atom stereocenters. The first-order valence-electron chi connectivity index (χ1n) is 15.2. The van der Waals surface area contributed by atoms with Crippen LogP contribution < -0.4 is 4.74 Å². The fraction of sp³-hybridized carbons (Fsp3) is 0.316. The predicted molar refractivity (Wildman–Crippen MR) is 180 cm³/mol. The van der Waals surface area contributed by atoms with Crippen LogP contribution >= 0.6 is 0 Å². The Labute approximate surface area is 257 Å². The molecular formula is C38H44FNO2Si. The van der Waals surface area contributed by atoms with Gasteiger partial charge in [0.2, 0.25) is 0 Å². The van der Waals surface area contributed by atoms with E-state index in [1.54, 1.807) is 0 Å². The van der Waals surface area contributed by atoms with Gasteiger partial charge in [-0.25, -0.2) is 4.39 Å². The van der Waals surface area contributed by atoms with E-state index in [9.17, 15) is 0 Å². The van der Waals surface area contributed by atoms with E-state index in [1.807, 2.05) is 54.6 Å². The van der Waals surface area contributed by atoms with E-state index in [-0.39, 0.29) is 10.9 Å². The van der Waals surface area contributed by atoms with Crippen molar-refractivity contribution in [3.63, 3.8) is 0 Å². The fourth-order valence-corrected chi connectivity index (χ4v) is 6.40.